The molecule has 0 aliphatic rings. The zero-order valence-corrected chi connectivity index (χ0v) is 7.80. The molecule has 4 N–H and O–H groups in total. The van der Waals surface area contributed by atoms with Crippen molar-refractivity contribution in [3.63, 3.8) is 0 Å². The number of hydrogen-bond acceptors (Lipinski definition) is 4. The van der Waals surface area contributed by atoms with Crippen molar-refractivity contribution < 1.29 is 29.1 Å². The Morgan fingerprint density at radius 2 is 2.08 bits per heavy atom. The summed E-state index contributed by atoms with van der Waals surface area (Å²) in [6, 6.07) is 0. The second-order valence-electron chi connectivity index (χ2n) is 2.41. The van der Waals surface area contributed by atoms with Crippen LogP contribution in [-0.2, 0) is 9.09 Å². The maximum Gasteiger partial charge on any atom is 0.469 e. The van der Waals surface area contributed by atoms with Gasteiger partial charge in [0.25, 0.3) is 0 Å². The van der Waals surface area contributed by atoms with Gasteiger partial charge in [0.15, 0.2) is 0 Å². The van der Waals surface area contributed by atoms with Crippen LogP contribution >= 0.6 is 7.82 Å². The Balaban J connectivity index is 4.25. The molecule has 0 fully saturated rings. The van der Waals surface area contributed by atoms with E-state index in [1.54, 1.807) is 0 Å². The number of rotatable bonds is 6. The van der Waals surface area contributed by atoms with E-state index in [9.17, 15) is 4.57 Å². The molecular formula is C6H13O6P. The Labute approximate surface area is 75.7 Å². The van der Waals surface area contributed by atoms with Gasteiger partial charge in [-0.3, -0.25) is 4.52 Å². The van der Waals surface area contributed by atoms with Gasteiger partial charge in [0, 0.05) is 0 Å². The van der Waals surface area contributed by atoms with Crippen LogP contribution in [0, 0.1) is 0 Å². The molecule has 2 atom stereocenters. The van der Waals surface area contributed by atoms with Crippen LogP contribution in [0.5, 0.6) is 0 Å². The molecule has 0 aromatic rings. The SMILES string of the molecule is C=CCC(OP(=O)(O)O)[C@@H](O)CO. The van der Waals surface area contributed by atoms with E-state index in [1.165, 1.54) is 6.08 Å². The number of aliphatic hydroxyl groups excluding tert-OH is 2. The van der Waals surface area contributed by atoms with Crippen molar-refractivity contribution in [2.45, 2.75) is 18.6 Å². The maximum atomic E-state index is 10.4. The summed E-state index contributed by atoms with van der Waals surface area (Å²) in [5.74, 6) is 0. The highest BCUT2D eigenvalue weighted by Crippen LogP contribution is 2.38. The molecule has 0 aromatic heterocycles. The maximum absolute atomic E-state index is 10.4. The van der Waals surface area contributed by atoms with E-state index in [-0.39, 0.29) is 6.42 Å². The Morgan fingerprint density at radius 1 is 1.54 bits per heavy atom. The lowest BCUT2D eigenvalue weighted by Crippen LogP contribution is -2.30. The van der Waals surface area contributed by atoms with Crippen LogP contribution in [0.15, 0.2) is 12.7 Å². The molecule has 6 nitrogen and oxygen atoms in total. The average molecular weight is 212 g/mol. The van der Waals surface area contributed by atoms with Crippen LogP contribution in [0.1, 0.15) is 6.42 Å². The van der Waals surface area contributed by atoms with Crippen LogP contribution < -0.4 is 0 Å². The van der Waals surface area contributed by atoms with Gasteiger partial charge in [-0.05, 0) is 6.42 Å². The van der Waals surface area contributed by atoms with Gasteiger partial charge >= 0.3 is 7.82 Å². The third-order valence-electron chi connectivity index (χ3n) is 1.29. The molecule has 0 spiro atoms. The van der Waals surface area contributed by atoms with E-state index < -0.39 is 26.6 Å². The zero-order chi connectivity index (χ0) is 10.5. The third-order valence-corrected chi connectivity index (χ3v) is 1.83. The molecule has 13 heavy (non-hydrogen) atoms. The fourth-order valence-electron chi connectivity index (χ4n) is 0.729. The van der Waals surface area contributed by atoms with E-state index in [1.807, 2.05) is 0 Å². The van der Waals surface area contributed by atoms with Crippen LogP contribution in [0.3, 0.4) is 0 Å². The van der Waals surface area contributed by atoms with Gasteiger partial charge in [-0.15, -0.1) is 6.58 Å². The van der Waals surface area contributed by atoms with Crippen molar-refractivity contribution in [2.24, 2.45) is 0 Å². The van der Waals surface area contributed by atoms with Crippen molar-refractivity contribution in [1.82, 2.24) is 0 Å². The summed E-state index contributed by atoms with van der Waals surface area (Å²) in [7, 11) is -4.64. The minimum absolute atomic E-state index is 0.0484. The molecule has 0 radical (unpaired) electrons. The second kappa shape index (κ2) is 5.49. The van der Waals surface area contributed by atoms with Gasteiger partial charge in [-0.25, -0.2) is 4.57 Å². The van der Waals surface area contributed by atoms with E-state index in [0.717, 1.165) is 0 Å². The first kappa shape index (κ1) is 12.8. The predicted molar refractivity (Wildman–Crippen MR) is 44.8 cm³/mol. The molecule has 0 rings (SSSR count). The molecular weight excluding hydrogens is 199 g/mol. The van der Waals surface area contributed by atoms with Gasteiger partial charge in [0.05, 0.1) is 6.61 Å². The molecule has 0 aromatic carbocycles. The minimum Gasteiger partial charge on any atom is -0.394 e. The van der Waals surface area contributed by atoms with E-state index in [2.05, 4.69) is 11.1 Å². The van der Waals surface area contributed by atoms with Crippen molar-refractivity contribution in [3.05, 3.63) is 12.7 Å². The number of hydrogen-bond donors (Lipinski definition) is 4. The Hall–Kier alpha value is -0.230. The highest BCUT2D eigenvalue weighted by molar-refractivity contribution is 7.46. The topological polar surface area (TPSA) is 107 Å². The number of phosphoric ester groups is 1. The smallest absolute Gasteiger partial charge is 0.394 e. The van der Waals surface area contributed by atoms with Gasteiger partial charge in [0.2, 0.25) is 0 Å². The minimum atomic E-state index is -4.64. The van der Waals surface area contributed by atoms with E-state index >= 15 is 0 Å². The Morgan fingerprint density at radius 3 is 2.38 bits per heavy atom. The second-order valence-corrected chi connectivity index (χ2v) is 3.60. The lowest BCUT2D eigenvalue weighted by Gasteiger charge is -2.20. The van der Waals surface area contributed by atoms with Crippen LogP contribution in [-0.4, -0.2) is 38.8 Å². The lowest BCUT2D eigenvalue weighted by molar-refractivity contribution is -0.0117. The van der Waals surface area contributed by atoms with Crippen molar-refractivity contribution >= 4 is 7.82 Å². The van der Waals surface area contributed by atoms with Crippen LogP contribution in [0.25, 0.3) is 0 Å². The molecule has 78 valence electrons. The third kappa shape index (κ3) is 5.93. The van der Waals surface area contributed by atoms with Crippen LogP contribution in [0.4, 0.5) is 0 Å². The lowest BCUT2D eigenvalue weighted by atomic mass is 10.1. The quantitative estimate of drug-likeness (QED) is 0.345. The molecule has 0 saturated heterocycles. The normalized spacial score (nSPS) is 16.6. The van der Waals surface area contributed by atoms with Crippen molar-refractivity contribution in [1.29, 1.82) is 0 Å². The van der Waals surface area contributed by atoms with Crippen molar-refractivity contribution in [2.75, 3.05) is 6.61 Å². The Bertz CT molecular complexity index is 199. The van der Waals surface area contributed by atoms with E-state index in [0.29, 0.717) is 0 Å². The molecule has 0 bridgehead atoms. The summed E-state index contributed by atoms with van der Waals surface area (Å²) in [4.78, 5) is 16.8. The zero-order valence-electron chi connectivity index (χ0n) is 6.91. The Kier molecular flexibility index (Phi) is 5.39. The monoisotopic (exact) mass is 212 g/mol. The molecule has 0 aliphatic carbocycles. The molecule has 0 saturated carbocycles. The molecule has 7 heteroatoms. The van der Waals surface area contributed by atoms with Gasteiger partial charge < -0.3 is 20.0 Å². The molecule has 0 heterocycles. The highest BCUT2D eigenvalue weighted by Gasteiger charge is 2.26. The standard InChI is InChI=1S/C6H13O6P/c1-2-3-6(5(8)4-7)12-13(9,10)11/h2,5-8H,1,3-4H2,(H2,9,10,11)/t5-,6?/m0/s1. The fourth-order valence-corrected chi connectivity index (χ4v) is 1.31. The first-order valence-electron chi connectivity index (χ1n) is 3.54. The summed E-state index contributed by atoms with van der Waals surface area (Å²) in [6.45, 7) is 2.70. The summed E-state index contributed by atoms with van der Waals surface area (Å²) in [6.07, 6.45) is -1.08. The van der Waals surface area contributed by atoms with Crippen LogP contribution in [0.2, 0.25) is 0 Å². The largest absolute Gasteiger partial charge is 0.469 e. The first-order valence-corrected chi connectivity index (χ1v) is 5.07. The highest BCUT2D eigenvalue weighted by atomic mass is 31.2. The molecule has 0 aliphatic heterocycles. The first-order chi connectivity index (χ1) is 5.90. The predicted octanol–water partition coefficient (Wildman–Crippen LogP) is -0.606. The van der Waals surface area contributed by atoms with Gasteiger partial charge in [-0.2, -0.15) is 0 Å². The summed E-state index contributed by atoms with van der Waals surface area (Å²) in [5, 5.41) is 17.6. The number of aliphatic hydroxyl groups is 2. The fraction of sp³-hybridized carbons (Fsp3) is 0.667. The summed E-state index contributed by atoms with van der Waals surface area (Å²) < 4.78 is 14.6. The molecule has 1 unspecified atom stereocenters. The summed E-state index contributed by atoms with van der Waals surface area (Å²) in [5.41, 5.74) is 0. The van der Waals surface area contributed by atoms with Gasteiger partial charge in [0.1, 0.15) is 12.2 Å². The summed E-state index contributed by atoms with van der Waals surface area (Å²) >= 11 is 0. The van der Waals surface area contributed by atoms with E-state index in [4.69, 9.17) is 20.0 Å². The van der Waals surface area contributed by atoms with Gasteiger partial charge in [-0.1, -0.05) is 6.08 Å². The molecule has 0 amide bonds. The average Bonchev–Trinajstić information content (AvgIpc) is 2.00. The number of phosphoric acid groups is 1. The van der Waals surface area contributed by atoms with Crippen molar-refractivity contribution in [3.8, 4) is 0 Å².